The van der Waals surface area contributed by atoms with Crippen LogP contribution in [0.4, 0.5) is 4.39 Å². The highest BCUT2D eigenvalue weighted by molar-refractivity contribution is 9.10. The number of fused-ring (bicyclic) bond motifs is 1. The molecular formula is C13H12BrClFN. The minimum Gasteiger partial charge on any atom is -0.252 e. The lowest BCUT2D eigenvalue weighted by Gasteiger charge is -2.12. The van der Waals surface area contributed by atoms with Crippen molar-refractivity contribution in [2.24, 2.45) is 0 Å². The molecule has 0 aliphatic rings. The summed E-state index contributed by atoms with van der Waals surface area (Å²) in [5.74, 6) is -0.339. The molecule has 0 saturated heterocycles. The largest absolute Gasteiger partial charge is 0.252 e. The van der Waals surface area contributed by atoms with Gasteiger partial charge in [0.15, 0.2) is 0 Å². The molecule has 0 saturated carbocycles. The van der Waals surface area contributed by atoms with Crippen molar-refractivity contribution in [1.29, 1.82) is 0 Å². The van der Waals surface area contributed by atoms with Crippen LogP contribution in [0, 0.1) is 19.7 Å². The highest BCUT2D eigenvalue weighted by Gasteiger charge is 2.16. The summed E-state index contributed by atoms with van der Waals surface area (Å²) < 4.78 is 14.5. The number of aromatic nitrogens is 1. The zero-order valence-corrected chi connectivity index (χ0v) is 12.2. The van der Waals surface area contributed by atoms with E-state index in [0.29, 0.717) is 20.4 Å². The SMILES string of the molecule is CCc1nc2c(C)cc(Br)c(F)c2c(Cl)c1C. The average Bonchev–Trinajstić information content (AvgIpc) is 2.29. The molecular weight excluding hydrogens is 305 g/mol. The van der Waals surface area contributed by atoms with E-state index in [1.807, 2.05) is 20.8 Å². The number of halogens is 3. The van der Waals surface area contributed by atoms with Gasteiger partial charge in [0.05, 0.1) is 20.4 Å². The Morgan fingerprint density at radius 3 is 2.65 bits per heavy atom. The van der Waals surface area contributed by atoms with E-state index in [1.54, 1.807) is 6.07 Å². The van der Waals surface area contributed by atoms with Crippen LogP contribution in [0.3, 0.4) is 0 Å². The van der Waals surface area contributed by atoms with E-state index in [0.717, 1.165) is 23.2 Å². The van der Waals surface area contributed by atoms with Crippen molar-refractivity contribution in [3.05, 3.63) is 38.2 Å². The van der Waals surface area contributed by atoms with Crippen LogP contribution in [-0.4, -0.2) is 4.98 Å². The molecule has 0 N–H and O–H groups in total. The third-order valence-electron chi connectivity index (χ3n) is 2.95. The highest BCUT2D eigenvalue weighted by Crippen LogP contribution is 2.34. The van der Waals surface area contributed by atoms with Crippen LogP contribution in [0.1, 0.15) is 23.7 Å². The third kappa shape index (κ3) is 1.95. The lowest BCUT2D eigenvalue weighted by molar-refractivity contribution is 0.632. The standard InChI is InChI=1S/C13H12BrClFN/c1-4-9-7(3)11(15)10-12(16)8(14)5-6(2)13(10)17-9/h5H,4H2,1-3H3. The van der Waals surface area contributed by atoms with E-state index < -0.39 is 0 Å². The van der Waals surface area contributed by atoms with E-state index in [2.05, 4.69) is 20.9 Å². The molecule has 0 bridgehead atoms. The summed E-state index contributed by atoms with van der Waals surface area (Å²) in [6, 6.07) is 1.73. The summed E-state index contributed by atoms with van der Waals surface area (Å²) in [6.07, 6.45) is 0.790. The maximum atomic E-state index is 14.1. The van der Waals surface area contributed by atoms with Crippen molar-refractivity contribution in [2.75, 3.05) is 0 Å². The zero-order valence-electron chi connectivity index (χ0n) is 9.87. The van der Waals surface area contributed by atoms with E-state index in [-0.39, 0.29) is 5.82 Å². The van der Waals surface area contributed by atoms with Gasteiger partial charge in [0, 0.05) is 5.69 Å². The fourth-order valence-corrected chi connectivity index (χ4v) is 2.79. The molecule has 0 aliphatic heterocycles. The van der Waals surface area contributed by atoms with Crippen LogP contribution >= 0.6 is 27.5 Å². The normalized spacial score (nSPS) is 11.2. The van der Waals surface area contributed by atoms with Gasteiger partial charge in [-0.2, -0.15) is 0 Å². The molecule has 90 valence electrons. The van der Waals surface area contributed by atoms with E-state index >= 15 is 0 Å². The second-order valence-corrected chi connectivity index (χ2v) is 5.30. The van der Waals surface area contributed by atoms with Gasteiger partial charge in [-0.15, -0.1) is 0 Å². The monoisotopic (exact) mass is 315 g/mol. The topological polar surface area (TPSA) is 12.9 Å². The van der Waals surface area contributed by atoms with Gasteiger partial charge in [-0.1, -0.05) is 18.5 Å². The fraction of sp³-hybridized carbons (Fsp3) is 0.308. The molecule has 2 rings (SSSR count). The van der Waals surface area contributed by atoms with Crippen molar-refractivity contribution < 1.29 is 4.39 Å². The van der Waals surface area contributed by atoms with Crippen LogP contribution in [-0.2, 0) is 6.42 Å². The van der Waals surface area contributed by atoms with E-state index in [1.165, 1.54) is 0 Å². The molecule has 0 aliphatic carbocycles. The molecule has 0 unspecified atom stereocenters. The summed E-state index contributed by atoms with van der Waals surface area (Å²) >= 11 is 9.46. The zero-order chi connectivity index (χ0) is 12.7. The van der Waals surface area contributed by atoms with Gasteiger partial charge in [-0.05, 0) is 53.4 Å². The summed E-state index contributed by atoms with van der Waals surface area (Å²) in [7, 11) is 0. The molecule has 17 heavy (non-hydrogen) atoms. The van der Waals surface area contributed by atoms with Gasteiger partial charge in [0.2, 0.25) is 0 Å². The second-order valence-electron chi connectivity index (χ2n) is 4.06. The van der Waals surface area contributed by atoms with Crippen LogP contribution in [0.15, 0.2) is 10.5 Å². The van der Waals surface area contributed by atoms with Crippen LogP contribution in [0.25, 0.3) is 10.9 Å². The van der Waals surface area contributed by atoms with Crippen LogP contribution in [0.2, 0.25) is 5.02 Å². The van der Waals surface area contributed by atoms with Gasteiger partial charge in [0.1, 0.15) is 5.82 Å². The van der Waals surface area contributed by atoms with Gasteiger partial charge in [-0.3, -0.25) is 4.98 Å². The smallest absolute Gasteiger partial charge is 0.148 e. The maximum absolute atomic E-state index is 14.1. The Kier molecular flexibility index (Phi) is 3.41. The Bertz CT molecular complexity index is 610. The molecule has 0 radical (unpaired) electrons. The Labute approximate surface area is 113 Å². The maximum Gasteiger partial charge on any atom is 0.148 e. The van der Waals surface area contributed by atoms with E-state index in [9.17, 15) is 4.39 Å². The first kappa shape index (κ1) is 12.8. The number of pyridine rings is 1. The lowest BCUT2D eigenvalue weighted by Crippen LogP contribution is -1.98. The van der Waals surface area contributed by atoms with Crippen LogP contribution < -0.4 is 0 Å². The summed E-state index contributed by atoms with van der Waals surface area (Å²) in [4.78, 5) is 4.51. The lowest BCUT2D eigenvalue weighted by atomic mass is 10.1. The van der Waals surface area contributed by atoms with Crippen molar-refractivity contribution in [3.8, 4) is 0 Å². The number of hydrogen-bond donors (Lipinski definition) is 0. The van der Waals surface area contributed by atoms with Crippen molar-refractivity contribution in [3.63, 3.8) is 0 Å². The first-order valence-corrected chi connectivity index (χ1v) is 6.57. The number of benzene rings is 1. The van der Waals surface area contributed by atoms with Crippen molar-refractivity contribution >= 4 is 38.4 Å². The molecule has 1 nitrogen and oxygen atoms in total. The molecule has 0 amide bonds. The first-order valence-electron chi connectivity index (χ1n) is 5.40. The number of hydrogen-bond acceptors (Lipinski definition) is 1. The third-order valence-corrected chi connectivity index (χ3v) is 4.00. The van der Waals surface area contributed by atoms with Crippen LogP contribution in [0.5, 0.6) is 0 Å². The Morgan fingerprint density at radius 2 is 2.06 bits per heavy atom. The van der Waals surface area contributed by atoms with Crippen molar-refractivity contribution in [2.45, 2.75) is 27.2 Å². The average molecular weight is 317 g/mol. The van der Waals surface area contributed by atoms with Gasteiger partial charge in [0.25, 0.3) is 0 Å². The molecule has 0 atom stereocenters. The van der Waals surface area contributed by atoms with Gasteiger partial charge < -0.3 is 0 Å². The minimum absolute atomic E-state index is 0.339. The highest BCUT2D eigenvalue weighted by atomic mass is 79.9. The quantitative estimate of drug-likeness (QED) is 0.724. The van der Waals surface area contributed by atoms with E-state index in [4.69, 9.17) is 11.6 Å². The first-order chi connectivity index (χ1) is 7.97. The van der Waals surface area contributed by atoms with Gasteiger partial charge in [-0.25, -0.2) is 4.39 Å². The molecule has 1 aromatic carbocycles. The fourth-order valence-electron chi connectivity index (χ4n) is 1.96. The molecule has 4 heteroatoms. The van der Waals surface area contributed by atoms with Crippen molar-refractivity contribution in [1.82, 2.24) is 4.98 Å². The second kappa shape index (κ2) is 4.54. The minimum atomic E-state index is -0.339. The predicted molar refractivity (Wildman–Crippen MR) is 73.3 cm³/mol. The number of rotatable bonds is 1. The number of nitrogens with zero attached hydrogens (tertiary/aromatic N) is 1. The molecule has 0 spiro atoms. The Balaban J connectivity index is 3.01. The molecule has 1 aromatic heterocycles. The molecule has 2 aromatic rings. The summed E-state index contributed by atoms with van der Waals surface area (Å²) in [6.45, 7) is 5.80. The summed E-state index contributed by atoms with van der Waals surface area (Å²) in [5.41, 5.74) is 3.36. The molecule has 1 heterocycles. The Morgan fingerprint density at radius 1 is 1.41 bits per heavy atom. The predicted octanol–water partition coefficient (Wildman–Crippen LogP) is 4.97. The molecule has 0 fully saturated rings. The van der Waals surface area contributed by atoms with Gasteiger partial charge >= 0.3 is 0 Å². The summed E-state index contributed by atoms with van der Waals surface area (Å²) in [5, 5.41) is 0.877. The Hall–Kier alpha value is -0.670. The number of aryl methyl sites for hydroxylation is 2.